The molecular weight excluding hydrogens is 212 g/mol. The van der Waals surface area contributed by atoms with E-state index >= 15 is 0 Å². The average Bonchev–Trinajstić information content (AvgIpc) is 2.48. The molecule has 0 aliphatic rings. The minimum Gasteiger partial charge on any atom is -0.476 e. The number of carboxylic acids is 1. The highest BCUT2D eigenvalue weighted by Crippen LogP contribution is 2.26. The molecule has 0 atom stereocenters. The molecule has 1 rings (SSSR count). The number of carboxylic acid groups (broad SMARTS) is 1. The Kier molecular flexibility index (Phi) is 3.68. The Hall–Kier alpha value is -1.10. The first-order valence-corrected chi connectivity index (χ1v) is 5.76. The van der Waals surface area contributed by atoms with Gasteiger partial charge in [0.25, 0.3) is 0 Å². The van der Waals surface area contributed by atoms with Gasteiger partial charge in [-0.2, -0.15) is 0 Å². The third kappa shape index (κ3) is 2.47. The van der Waals surface area contributed by atoms with Crippen molar-refractivity contribution in [1.82, 2.24) is 4.98 Å². The molecule has 4 nitrogen and oxygen atoms in total. The zero-order valence-electron chi connectivity index (χ0n) is 9.44. The van der Waals surface area contributed by atoms with E-state index < -0.39 is 5.97 Å². The van der Waals surface area contributed by atoms with Gasteiger partial charge in [-0.15, -0.1) is 11.3 Å². The summed E-state index contributed by atoms with van der Waals surface area (Å²) in [6.07, 6.45) is 0. The van der Waals surface area contributed by atoms with Gasteiger partial charge in [0, 0.05) is 17.5 Å². The fraction of sp³-hybridized carbons (Fsp3) is 0.600. The second kappa shape index (κ2) is 4.61. The molecule has 0 unspecified atom stereocenters. The lowest BCUT2D eigenvalue weighted by Crippen LogP contribution is -2.30. The predicted octanol–water partition coefficient (Wildman–Crippen LogP) is 2.38. The second-order valence-electron chi connectivity index (χ2n) is 3.59. The van der Waals surface area contributed by atoms with Crippen molar-refractivity contribution >= 4 is 22.4 Å². The molecule has 1 heterocycles. The Labute approximate surface area is 93.6 Å². The first kappa shape index (κ1) is 12.0. The van der Waals surface area contributed by atoms with Crippen molar-refractivity contribution in [3.05, 3.63) is 10.6 Å². The van der Waals surface area contributed by atoms with E-state index in [1.54, 1.807) is 6.92 Å². The number of anilines is 1. The Morgan fingerprint density at radius 1 is 1.60 bits per heavy atom. The van der Waals surface area contributed by atoms with Gasteiger partial charge in [-0.05, 0) is 27.7 Å². The summed E-state index contributed by atoms with van der Waals surface area (Å²) in [6.45, 7) is 8.81. The maximum atomic E-state index is 10.8. The summed E-state index contributed by atoms with van der Waals surface area (Å²) in [7, 11) is 0. The molecule has 0 radical (unpaired) electrons. The van der Waals surface area contributed by atoms with E-state index in [1.807, 2.05) is 6.92 Å². The summed E-state index contributed by atoms with van der Waals surface area (Å²) < 4.78 is 0. The topological polar surface area (TPSA) is 53.4 Å². The van der Waals surface area contributed by atoms with Crippen LogP contribution in [0.15, 0.2) is 0 Å². The van der Waals surface area contributed by atoms with Crippen molar-refractivity contribution in [2.24, 2.45) is 0 Å². The van der Waals surface area contributed by atoms with Crippen molar-refractivity contribution in [3.63, 3.8) is 0 Å². The van der Waals surface area contributed by atoms with Crippen LogP contribution in [-0.2, 0) is 0 Å². The molecule has 0 aliphatic carbocycles. The van der Waals surface area contributed by atoms with E-state index in [0.29, 0.717) is 6.04 Å². The van der Waals surface area contributed by atoms with E-state index in [2.05, 4.69) is 23.7 Å². The van der Waals surface area contributed by atoms with Crippen LogP contribution in [0.3, 0.4) is 0 Å². The fourth-order valence-electron chi connectivity index (χ4n) is 1.43. The molecule has 1 aromatic rings. The van der Waals surface area contributed by atoms with Crippen LogP contribution in [0.25, 0.3) is 0 Å². The van der Waals surface area contributed by atoms with Crippen LogP contribution in [0.1, 0.15) is 36.1 Å². The summed E-state index contributed by atoms with van der Waals surface area (Å²) in [5.74, 6) is -0.949. The predicted molar refractivity (Wildman–Crippen MR) is 62.0 cm³/mol. The number of aryl methyl sites for hydroxylation is 1. The quantitative estimate of drug-likeness (QED) is 0.859. The molecule has 5 heteroatoms. The molecule has 0 bridgehead atoms. The molecule has 1 N–H and O–H groups in total. The van der Waals surface area contributed by atoms with Crippen molar-refractivity contribution in [2.75, 3.05) is 11.4 Å². The maximum absolute atomic E-state index is 10.8. The van der Waals surface area contributed by atoms with E-state index in [-0.39, 0.29) is 5.69 Å². The average molecular weight is 228 g/mol. The molecule has 0 saturated heterocycles. The first-order chi connectivity index (χ1) is 6.97. The molecule has 15 heavy (non-hydrogen) atoms. The van der Waals surface area contributed by atoms with E-state index in [0.717, 1.165) is 16.6 Å². The van der Waals surface area contributed by atoms with E-state index in [1.165, 1.54) is 11.3 Å². The van der Waals surface area contributed by atoms with Gasteiger partial charge in [-0.1, -0.05) is 0 Å². The molecule has 84 valence electrons. The van der Waals surface area contributed by atoms with Crippen LogP contribution in [0.2, 0.25) is 0 Å². The van der Waals surface area contributed by atoms with Gasteiger partial charge < -0.3 is 10.0 Å². The summed E-state index contributed by atoms with van der Waals surface area (Å²) in [5, 5.41) is 9.69. The van der Waals surface area contributed by atoms with Gasteiger partial charge in [0.15, 0.2) is 10.8 Å². The Morgan fingerprint density at radius 2 is 2.20 bits per heavy atom. The SMILES string of the molecule is CCN(c1nc(C(=O)O)c(C)s1)C(C)C. The zero-order chi connectivity index (χ0) is 11.6. The van der Waals surface area contributed by atoms with E-state index in [9.17, 15) is 4.79 Å². The molecule has 0 saturated carbocycles. The monoisotopic (exact) mass is 228 g/mol. The molecule has 0 spiro atoms. The number of rotatable bonds is 4. The lowest BCUT2D eigenvalue weighted by atomic mass is 10.3. The third-order valence-corrected chi connectivity index (χ3v) is 3.21. The lowest BCUT2D eigenvalue weighted by molar-refractivity contribution is 0.0690. The van der Waals surface area contributed by atoms with Crippen molar-refractivity contribution in [1.29, 1.82) is 0 Å². The fourth-order valence-corrected chi connectivity index (χ4v) is 2.52. The molecule has 0 aromatic carbocycles. The summed E-state index contributed by atoms with van der Waals surface area (Å²) >= 11 is 1.44. The van der Waals surface area contributed by atoms with Gasteiger partial charge in [0.05, 0.1) is 0 Å². The second-order valence-corrected chi connectivity index (χ2v) is 4.77. The smallest absolute Gasteiger partial charge is 0.355 e. The van der Waals surface area contributed by atoms with Crippen molar-refractivity contribution in [3.8, 4) is 0 Å². The highest BCUT2D eigenvalue weighted by Gasteiger charge is 2.18. The van der Waals surface area contributed by atoms with Crippen LogP contribution >= 0.6 is 11.3 Å². The number of nitrogens with zero attached hydrogens (tertiary/aromatic N) is 2. The van der Waals surface area contributed by atoms with Gasteiger partial charge in [-0.25, -0.2) is 9.78 Å². The normalized spacial score (nSPS) is 10.7. The van der Waals surface area contributed by atoms with Crippen LogP contribution in [-0.4, -0.2) is 28.6 Å². The van der Waals surface area contributed by atoms with Crippen LogP contribution in [0.4, 0.5) is 5.13 Å². The zero-order valence-corrected chi connectivity index (χ0v) is 10.3. The van der Waals surface area contributed by atoms with Crippen molar-refractivity contribution < 1.29 is 9.90 Å². The van der Waals surface area contributed by atoms with Gasteiger partial charge in [0.1, 0.15) is 0 Å². The van der Waals surface area contributed by atoms with Crippen LogP contribution in [0, 0.1) is 6.92 Å². The number of hydrogen-bond donors (Lipinski definition) is 1. The standard InChI is InChI=1S/C10H16N2O2S/c1-5-12(6(2)3)10-11-8(9(13)14)7(4)15-10/h6H,5H2,1-4H3,(H,13,14). The van der Waals surface area contributed by atoms with E-state index in [4.69, 9.17) is 5.11 Å². The minimum atomic E-state index is -0.949. The number of thiazole rings is 1. The van der Waals surface area contributed by atoms with Gasteiger partial charge in [0.2, 0.25) is 0 Å². The van der Waals surface area contributed by atoms with Crippen LogP contribution < -0.4 is 4.90 Å². The highest BCUT2D eigenvalue weighted by atomic mass is 32.1. The highest BCUT2D eigenvalue weighted by molar-refractivity contribution is 7.15. The Balaban J connectivity index is 3.05. The Bertz CT molecular complexity index is 360. The minimum absolute atomic E-state index is 0.175. The molecule has 0 amide bonds. The number of hydrogen-bond acceptors (Lipinski definition) is 4. The number of carbonyl (C=O) groups is 1. The summed E-state index contributed by atoms with van der Waals surface area (Å²) in [6, 6.07) is 0.335. The molecule has 1 aromatic heterocycles. The summed E-state index contributed by atoms with van der Waals surface area (Å²) in [4.78, 5) is 17.8. The lowest BCUT2D eigenvalue weighted by Gasteiger charge is -2.23. The first-order valence-electron chi connectivity index (χ1n) is 4.94. The van der Waals surface area contributed by atoms with Crippen molar-refractivity contribution in [2.45, 2.75) is 33.7 Å². The molecule has 0 aliphatic heterocycles. The number of aromatic nitrogens is 1. The maximum Gasteiger partial charge on any atom is 0.355 e. The van der Waals surface area contributed by atoms with Gasteiger partial charge in [-0.3, -0.25) is 0 Å². The largest absolute Gasteiger partial charge is 0.476 e. The Morgan fingerprint density at radius 3 is 2.53 bits per heavy atom. The number of aromatic carboxylic acids is 1. The van der Waals surface area contributed by atoms with Crippen LogP contribution in [0.5, 0.6) is 0 Å². The third-order valence-electron chi connectivity index (χ3n) is 2.20. The summed E-state index contributed by atoms with van der Waals surface area (Å²) in [5.41, 5.74) is 0.175. The molecular formula is C10H16N2O2S. The van der Waals surface area contributed by atoms with Gasteiger partial charge >= 0.3 is 5.97 Å². The molecule has 0 fully saturated rings.